The molecule has 7 heteroatoms. The van der Waals surface area contributed by atoms with Crippen LogP contribution in [0.25, 0.3) is 0 Å². The Labute approximate surface area is 165 Å². The molecule has 2 aliphatic rings. The molecule has 1 aromatic rings. The average Bonchev–Trinajstić information content (AvgIpc) is 3.30. The maximum Gasteiger partial charge on any atom is 0.303 e. The van der Waals surface area contributed by atoms with Gasteiger partial charge in [0.1, 0.15) is 0 Å². The maximum absolute atomic E-state index is 12.1. The number of hydrogen-bond donors (Lipinski definition) is 2. The van der Waals surface area contributed by atoms with Gasteiger partial charge in [-0.05, 0) is 43.7 Å². The first-order valence-corrected chi connectivity index (χ1v) is 10.2. The molecule has 0 spiro atoms. The Morgan fingerprint density at radius 1 is 1.25 bits per heavy atom. The molecule has 2 bridgehead atoms. The third-order valence-corrected chi connectivity index (χ3v) is 5.73. The summed E-state index contributed by atoms with van der Waals surface area (Å²) >= 11 is 0. The van der Waals surface area contributed by atoms with Gasteiger partial charge in [-0.25, -0.2) is 0 Å². The number of carboxylic acid groups (broad SMARTS) is 1. The van der Waals surface area contributed by atoms with Gasteiger partial charge in [-0.2, -0.15) is 5.10 Å². The predicted molar refractivity (Wildman–Crippen MR) is 105 cm³/mol. The molecule has 0 aliphatic carbocycles. The van der Waals surface area contributed by atoms with E-state index >= 15 is 0 Å². The molecule has 2 saturated heterocycles. The van der Waals surface area contributed by atoms with Crippen LogP contribution in [0.4, 0.5) is 0 Å². The van der Waals surface area contributed by atoms with Crippen molar-refractivity contribution in [2.24, 2.45) is 16.9 Å². The van der Waals surface area contributed by atoms with Gasteiger partial charge in [0.25, 0.3) is 0 Å². The summed E-state index contributed by atoms with van der Waals surface area (Å²) in [6.45, 7) is 0.151. The third kappa shape index (κ3) is 5.61. The standard InChI is InChI=1S/C21H29N3O4/c25-18(15-6-5-11-22-12-15)14-24-23-13-17-16(19-9-10-20(17)28-19)7-3-1-2-4-8-21(26)27/h5-6,11-13,16-17,19-20,24H,1-4,7-10,14H2,(H,26,27). The number of rotatable bonds is 12. The molecule has 152 valence electrons. The van der Waals surface area contributed by atoms with Crippen LogP contribution in [0, 0.1) is 11.8 Å². The molecule has 2 N–H and O–H groups in total. The van der Waals surface area contributed by atoms with E-state index in [0.29, 0.717) is 23.5 Å². The van der Waals surface area contributed by atoms with Crippen LogP contribution in [0.2, 0.25) is 0 Å². The maximum atomic E-state index is 12.1. The SMILES string of the molecule is O=C(O)CCCCCCC1C2CCC(O2)C1C=NNCC(=O)c1cccnc1. The number of aliphatic carboxylic acids is 1. The molecule has 0 saturated carbocycles. The number of carbonyl (C=O) groups is 2. The highest BCUT2D eigenvalue weighted by atomic mass is 16.5. The second-order valence-corrected chi connectivity index (χ2v) is 7.66. The van der Waals surface area contributed by atoms with E-state index in [9.17, 15) is 9.59 Å². The number of nitrogens with one attached hydrogen (secondary N) is 1. The molecule has 3 heterocycles. The van der Waals surface area contributed by atoms with Crippen molar-refractivity contribution in [3.05, 3.63) is 30.1 Å². The molecule has 0 radical (unpaired) electrons. The van der Waals surface area contributed by atoms with Crippen molar-refractivity contribution >= 4 is 18.0 Å². The fourth-order valence-electron chi connectivity index (χ4n) is 4.29. The van der Waals surface area contributed by atoms with Crippen LogP contribution < -0.4 is 5.43 Å². The number of Topliss-reactive ketones (excluding diaryl/α,β-unsaturated/α-hetero) is 1. The first-order chi connectivity index (χ1) is 13.6. The van der Waals surface area contributed by atoms with Crippen molar-refractivity contribution in [1.29, 1.82) is 0 Å². The molecule has 0 aromatic carbocycles. The zero-order valence-electron chi connectivity index (χ0n) is 16.1. The van der Waals surface area contributed by atoms with E-state index in [4.69, 9.17) is 9.84 Å². The van der Waals surface area contributed by atoms with Gasteiger partial charge in [0, 0.05) is 36.5 Å². The molecule has 7 nitrogen and oxygen atoms in total. The molecule has 4 atom stereocenters. The van der Waals surface area contributed by atoms with Crippen molar-refractivity contribution in [3.63, 3.8) is 0 Å². The summed E-state index contributed by atoms with van der Waals surface area (Å²) in [7, 11) is 0. The molecular formula is C21H29N3O4. The quantitative estimate of drug-likeness (QED) is 0.247. The Bertz CT molecular complexity index is 679. The summed E-state index contributed by atoms with van der Waals surface area (Å²) in [5.41, 5.74) is 3.44. The Hall–Kier alpha value is -2.28. The average molecular weight is 387 g/mol. The zero-order valence-corrected chi connectivity index (χ0v) is 16.1. The van der Waals surface area contributed by atoms with Crippen molar-refractivity contribution in [1.82, 2.24) is 10.4 Å². The highest BCUT2D eigenvalue weighted by molar-refractivity contribution is 5.97. The number of nitrogens with zero attached hydrogens (tertiary/aromatic N) is 2. The van der Waals surface area contributed by atoms with Crippen LogP contribution in [0.5, 0.6) is 0 Å². The van der Waals surface area contributed by atoms with E-state index in [1.807, 2.05) is 6.21 Å². The van der Waals surface area contributed by atoms with Crippen molar-refractivity contribution in [2.45, 2.75) is 63.6 Å². The number of ether oxygens (including phenoxy) is 1. The van der Waals surface area contributed by atoms with Gasteiger partial charge in [-0.15, -0.1) is 0 Å². The minimum absolute atomic E-state index is 0.0349. The molecule has 4 unspecified atom stereocenters. The van der Waals surface area contributed by atoms with E-state index in [-0.39, 0.29) is 24.9 Å². The molecule has 1 aromatic heterocycles. The van der Waals surface area contributed by atoms with Crippen LogP contribution in [-0.4, -0.2) is 46.8 Å². The Morgan fingerprint density at radius 2 is 2.07 bits per heavy atom. The number of fused-ring (bicyclic) bond motifs is 2. The monoisotopic (exact) mass is 387 g/mol. The van der Waals surface area contributed by atoms with Crippen LogP contribution >= 0.6 is 0 Å². The van der Waals surface area contributed by atoms with Crippen LogP contribution in [0.3, 0.4) is 0 Å². The summed E-state index contributed by atoms with van der Waals surface area (Å²) in [6.07, 6.45) is 13.1. The number of carbonyl (C=O) groups excluding carboxylic acids is 1. The molecule has 2 aliphatic heterocycles. The summed E-state index contributed by atoms with van der Waals surface area (Å²) < 4.78 is 6.08. The van der Waals surface area contributed by atoms with Crippen molar-refractivity contribution in [2.75, 3.05) is 6.54 Å². The van der Waals surface area contributed by atoms with Gasteiger partial charge < -0.3 is 15.3 Å². The molecule has 0 amide bonds. The zero-order chi connectivity index (χ0) is 19.8. The summed E-state index contributed by atoms with van der Waals surface area (Å²) in [5.74, 6) is 0.0104. The van der Waals surface area contributed by atoms with E-state index in [2.05, 4.69) is 15.5 Å². The van der Waals surface area contributed by atoms with Crippen LogP contribution in [-0.2, 0) is 9.53 Å². The lowest BCUT2D eigenvalue weighted by Crippen LogP contribution is -2.29. The molecule has 28 heavy (non-hydrogen) atoms. The number of ketones is 1. The summed E-state index contributed by atoms with van der Waals surface area (Å²) in [6, 6.07) is 3.49. The van der Waals surface area contributed by atoms with Gasteiger partial charge in [0.05, 0.1) is 18.8 Å². The second kappa shape index (κ2) is 10.3. The normalized spacial score (nSPS) is 26.0. The lowest BCUT2D eigenvalue weighted by molar-refractivity contribution is -0.137. The number of hydrogen-bond acceptors (Lipinski definition) is 6. The largest absolute Gasteiger partial charge is 0.481 e. The molecule has 3 rings (SSSR count). The number of unbranched alkanes of at least 4 members (excludes halogenated alkanes) is 3. The van der Waals surface area contributed by atoms with E-state index in [1.165, 1.54) is 0 Å². The van der Waals surface area contributed by atoms with Crippen LogP contribution in [0.15, 0.2) is 29.6 Å². The summed E-state index contributed by atoms with van der Waals surface area (Å²) in [4.78, 5) is 26.6. The number of pyridine rings is 1. The number of carboxylic acids is 1. The fourth-order valence-corrected chi connectivity index (χ4v) is 4.29. The first-order valence-electron chi connectivity index (χ1n) is 10.2. The van der Waals surface area contributed by atoms with Gasteiger partial charge in [-0.1, -0.05) is 19.3 Å². The number of hydrazone groups is 1. The van der Waals surface area contributed by atoms with E-state index < -0.39 is 5.97 Å². The minimum atomic E-state index is -0.715. The van der Waals surface area contributed by atoms with Gasteiger partial charge in [0.15, 0.2) is 5.78 Å². The summed E-state index contributed by atoms with van der Waals surface area (Å²) in [5, 5.41) is 13.0. The van der Waals surface area contributed by atoms with E-state index in [1.54, 1.807) is 24.5 Å². The van der Waals surface area contributed by atoms with Crippen molar-refractivity contribution in [3.8, 4) is 0 Å². The second-order valence-electron chi connectivity index (χ2n) is 7.66. The van der Waals surface area contributed by atoms with Crippen LogP contribution in [0.1, 0.15) is 61.7 Å². The van der Waals surface area contributed by atoms with Gasteiger partial charge in [0.2, 0.25) is 0 Å². The Kier molecular flexibility index (Phi) is 7.54. The fraction of sp³-hybridized carbons (Fsp3) is 0.619. The Balaban J connectivity index is 1.40. The highest BCUT2D eigenvalue weighted by Gasteiger charge is 2.47. The molecular weight excluding hydrogens is 358 g/mol. The van der Waals surface area contributed by atoms with E-state index in [0.717, 1.165) is 44.9 Å². The predicted octanol–water partition coefficient (Wildman–Crippen LogP) is 3.06. The lowest BCUT2D eigenvalue weighted by atomic mass is 9.77. The lowest BCUT2D eigenvalue weighted by Gasteiger charge is -2.25. The smallest absolute Gasteiger partial charge is 0.303 e. The third-order valence-electron chi connectivity index (χ3n) is 5.73. The minimum Gasteiger partial charge on any atom is -0.481 e. The molecule has 2 fully saturated rings. The van der Waals surface area contributed by atoms with Gasteiger partial charge >= 0.3 is 5.97 Å². The topological polar surface area (TPSA) is 101 Å². The first kappa shape index (κ1) is 20.5. The van der Waals surface area contributed by atoms with Gasteiger partial charge in [-0.3, -0.25) is 14.6 Å². The van der Waals surface area contributed by atoms with Crippen molar-refractivity contribution < 1.29 is 19.4 Å². The number of aromatic nitrogens is 1. The Morgan fingerprint density at radius 3 is 2.86 bits per heavy atom. The highest BCUT2D eigenvalue weighted by Crippen LogP contribution is 2.44.